The normalized spacial score (nSPS) is 18.0. The molecule has 4 rings (SSSR count). The lowest BCUT2D eigenvalue weighted by Crippen LogP contribution is -2.51. The fraction of sp³-hybridized carbons (Fsp3) is 0.409. The van der Waals surface area contributed by atoms with Gasteiger partial charge in [0.05, 0.1) is 30.7 Å². The number of alkyl halides is 2. The Bertz CT molecular complexity index is 1160. The molecule has 0 spiro atoms. The number of benzene rings is 1. The van der Waals surface area contributed by atoms with Crippen LogP contribution < -0.4 is 10.2 Å². The molecule has 1 fully saturated rings. The molecule has 0 bridgehead atoms. The van der Waals surface area contributed by atoms with Crippen molar-refractivity contribution < 1.29 is 18.3 Å². The third-order valence-electron chi connectivity index (χ3n) is 5.64. The van der Waals surface area contributed by atoms with Crippen molar-refractivity contribution in [2.45, 2.75) is 45.7 Å². The molecular weight excluding hydrogens is 468 g/mol. The fourth-order valence-corrected chi connectivity index (χ4v) is 3.85. The van der Waals surface area contributed by atoms with Gasteiger partial charge in [0, 0.05) is 29.2 Å². The van der Waals surface area contributed by atoms with Gasteiger partial charge in [-0.15, -0.1) is 0 Å². The summed E-state index contributed by atoms with van der Waals surface area (Å²) in [7, 11) is 0. The van der Waals surface area contributed by atoms with E-state index in [1.165, 1.54) is 6.92 Å². The van der Waals surface area contributed by atoms with E-state index in [0.29, 0.717) is 10.8 Å². The van der Waals surface area contributed by atoms with Crippen molar-refractivity contribution in [2.75, 3.05) is 16.8 Å². The van der Waals surface area contributed by atoms with Crippen molar-refractivity contribution in [2.24, 2.45) is 5.92 Å². The Morgan fingerprint density at radius 1 is 1.18 bits per heavy atom. The maximum absolute atomic E-state index is 13.4. The van der Waals surface area contributed by atoms with Crippen LogP contribution >= 0.6 is 11.6 Å². The van der Waals surface area contributed by atoms with Crippen LogP contribution in [0.25, 0.3) is 5.69 Å². The Balaban J connectivity index is 1.56. The summed E-state index contributed by atoms with van der Waals surface area (Å²) >= 11 is 5.95. The van der Waals surface area contributed by atoms with Crippen LogP contribution in [0.5, 0.6) is 0 Å². The number of carbonyl (C=O) groups excluding carboxylic acids is 1. The van der Waals surface area contributed by atoms with E-state index in [2.05, 4.69) is 25.3 Å². The van der Waals surface area contributed by atoms with Crippen LogP contribution in [-0.2, 0) is 4.74 Å². The summed E-state index contributed by atoms with van der Waals surface area (Å²) in [6.07, 6.45) is 0.437. The highest BCUT2D eigenvalue weighted by molar-refractivity contribution is 6.30. The van der Waals surface area contributed by atoms with E-state index in [9.17, 15) is 13.6 Å². The monoisotopic (exact) mass is 491 g/mol. The third kappa shape index (κ3) is 5.09. The standard InChI is InChI=1S/C22H24ClF2N7O2/c1-12(19(24)25)18-8-9-34-22(33)32(18)21-29-14(3)28-20(30-21)27-13(2)17-10-31(11-26-17)16-6-4-15(23)5-7-16/h4-7,10-13,18-19H,8-9H2,1-3H3,(H,27,28,29,30)/t12-,13-,18?/m0/s1. The van der Waals surface area contributed by atoms with Crippen molar-refractivity contribution in [3.63, 3.8) is 0 Å². The highest BCUT2D eigenvalue weighted by Crippen LogP contribution is 2.29. The van der Waals surface area contributed by atoms with Gasteiger partial charge in [-0.2, -0.15) is 15.0 Å². The fourth-order valence-electron chi connectivity index (χ4n) is 3.72. The topological polar surface area (TPSA) is 98.1 Å². The Labute approximate surface area is 200 Å². The average molecular weight is 492 g/mol. The Morgan fingerprint density at radius 2 is 1.91 bits per heavy atom. The van der Waals surface area contributed by atoms with E-state index in [-0.39, 0.29) is 31.0 Å². The van der Waals surface area contributed by atoms with E-state index < -0.39 is 24.5 Å². The van der Waals surface area contributed by atoms with Crippen molar-refractivity contribution in [3.8, 4) is 5.69 Å². The van der Waals surface area contributed by atoms with Crippen LogP contribution in [0.4, 0.5) is 25.5 Å². The number of ether oxygens (including phenoxy) is 1. The number of anilines is 2. The lowest BCUT2D eigenvalue weighted by Gasteiger charge is -2.36. The Morgan fingerprint density at radius 3 is 2.62 bits per heavy atom. The summed E-state index contributed by atoms with van der Waals surface area (Å²) < 4.78 is 33.8. The van der Waals surface area contributed by atoms with Crippen LogP contribution in [0.1, 0.15) is 37.8 Å². The van der Waals surface area contributed by atoms with Gasteiger partial charge in [-0.25, -0.2) is 23.5 Å². The molecule has 1 unspecified atom stereocenters. The van der Waals surface area contributed by atoms with E-state index in [1.54, 1.807) is 25.4 Å². The smallest absolute Gasteiger partial charge is 0.416 e. The van der Waals surface area contributed by atoms with Crippen LogP contribution in [0.3, 0.4) is 0 Å². The number of hydrogen-bond donors (Lipinski definition) is 1. The first-order chi connectivity index (χ1) is 16.2. The van der Waals surface area contributed by atoms with E-state index in [1.807, 2.05) is 29.8 Å². The molecule has 34 heavy (non-hydrogen) atoms. The van der Waals surface area contributed by atoms with Gasteiger partial charge in [0.15, 0.2) is 0 Å². The molecule has 180 valence electrons. The molecule has 9 nitrogen and oxygen atoms in total. The van der Waals surface area contributed by atoms with Gasteiger partial charge < -0.3 is 14.6 Å². The summed E-state index contributed by atoms with van der Waals surface area (Å²) in [4.78, 5) is 30.9. The second-order valence-electron chi connectivity index (χ2n) is 8.09. The van der Waals surface area contributed by atoms with Crippen molar-refractivity contribution in [3.05, 3.63) is 53.3 Å². The zero-order chi connectivity index (χ0) is 24.4. The number of cyclic esters (lactones) is 1. The van der Waals surface area contributed by atoms with Crippen molar-refractivity contribution in [1.29, 1.82) is 0 Å². The molecule has 1 saturated heterocycles. The molecule has 0 aliphatic carbocycles. The molecule has 3 atom stereocenters. The van der Waals surface area contributed by atoms with Crippen LogP contribution in [0, 0.1) is 12.8 Å². The van der Waals surface area contributed by atoms with E-state index >= 15 is 0 Å². The first-order valence-electron chi connectivity index (χ1n) is 10.8. The molecule has 1 aliphatic heterocycles. The highest BCUT2D eigenvalue weighted by atomic mass is 35.5. The van der Waals surface area contributed by atoms with Gasteiger partial charge in [0.25, 0.3) is 0 Å². The highest BCUT2D eigenvalue weighted by Gasteiger charge is 2.40. The Kier molecular flexibility index (Phi) is 6.92. The number of aromatic nitrogens is 5. The zero-order valence-electron chi connectivity index (χ0n) is 18.8. The van der Waals surface area contributed by atoms with E-state index in [0.717, 1.165) is 16.3 Å². The molecule has 0 saturated carbocycles. The van der Waals surface area contributed by atoms with Crippen LogP contribution in [0.2, 0.25) is 5.02 Å². The SMILES string of the molecule is Cc1nc(N[C@@H](C)c2cn(-c3ccc(Cl)cc3)cn2)nc(N2C(=O)OCCC2[C@H](C)C(F)F)n1. The first-order valence-corrected chi connectivity index (χ1v) is 11.1. The molecule has 1 aliphatic rings. The van der Waals surface area contributed by atoms with E-state index in [4.69, 9.17) is 16.3 Å². The van der Waals surface area contributed by atoms with Gasteiger partial charge in [-0.1, -0.05) is 18.5 Å². The lowest BCUT2D eigenvalue weighted by atomic mass is 9.97. The van der Waals surface area contributed by atoms with Gasteiger partial charge in [0.2, 0.25) is 18.3 Å². The number of aryl methyl sites for hydroxylation is 1. The quantitative estimate of drug-likeness (QED) is 0.506. The van der Waals surface area contributed by atoms with Gasteiger partial charge in [-0.05, 0) is 38.1 Å². The second-order valence-corrected chi connectivity index (χ2v) is 8.52. The summed E-state index contributed by atoms with van der Waals surface area (Å²) in [6.45, 7) is 4.98. The van der Waals surface area contributed by atoms with Gasteiger partial charge in [0.1, 0.15) is 5.82 Å². The number of nitrogens with zero attached hydrogens (tertiary/aromatic N) is 6. The molecule has 2 aromatic heterocycles. The van der Waals surface area contributed by atoms with Crippen LogP contribution in [0.15, 0.2) is 36.8 Å². The maximum Gasteiger partial charge on any atom is 0.416 e. The summed E-state index contributed by atoms with van der Waals surface area (Å²) in [5.74, 6) is -0.584. The lowest BCUT2D eigenvalue weighted by molar-refractivity contribution is 0.0508. The zero-order valence-corrected chi connectivity index (χ0v) is 19.6. The molecule has 1 amide bonds. The molecule has 3 heterocycles. The second kappa shape index (κ2) is 9.88. The first kappa shape index (κ1) is 23.8. The molecular formula is C22H24ClF2N7O2. The average Bonchev–Trinajstić information content (AvgIpc) is 3.29. The number of rotatable bonds is 7. The number of amides is 1. The number of carbonyl (C=O) groups is 1. The Hall–Kier alpha value is -3.34. The molecule has 0 radical (unpaired) electrons. The number of imidazole rings is 1. The number of halogens is 3. The predicted octanol–water partition coefficient (Wildman–Crippen LogP) is 4.81. The molecule has 1 aromatic carbocycles. The molecule has 3 aromatic rings. The van der Waals surface area contributed by atoms with Gasteiger partial charge >= 0.3 is 6.09 Å². The minimum atomic E-state index is -2.60. The maximum atomic E-state index is 13.4. The number of nitrogens with one attached hydrogen (secondary N) is 1. The summed E-state index contributed by atoms with van der Waals surface area (Å²) in [5.41, 5.74) is 1.62. The van der Waals surface area contributed by atoms with Gasteiger partial charge in [-0.3, -0.25) is 0 Å². The molecule has 1 N–H and O–H groups in total. The minimum absolute atomic E-state index is 0.0314. The minimum Gasteiger partial charge on any atom is -0.449 e. The van der Waals surface area contributed by atoms with Crippen LogP contribution in [-0.4, -0.2) is 49.7 Å². The van der Waals surface area contributed by atoms with Crippen molar-refractivity contribution >= 4 is 29.6 Å². The summed E-state index contributed by atoms with van der Waals surface area (Å²) in [6, 6.07) is 6.25. The summed E-state index contributed by atoms with van der Waals surface area (Å²) in [5, 5.41) is 3.79. The van der Waals surface area contributed by atoms with Crippen molar-refractivity contribution in [1.82, 2.24) is 24.5 Å². The third-order valence-corrected chi connectivity index (χ3v) is 5.89. The largest absolute Gasteiger partial charge is 0.449 e. The molecule has 12 heteroatoms. The number of hydrogen-bond acceptors (Lipinski definition) is 7. The predicted molar refractivity (Wildman–Crippen MR) is 123 cm³/mol.